The summed E-state index contributed by atoms with van der Waals surface area (Å²) >= 11 is 0. The van der Waals surface area contributed by atoms with E-state index in [2.05, 4.69) is 15.5 Å². The summed E-state index contributed by atoms with van der Waals surface area (Å²) in [7, 11) is 0. The molecule has 3 aromatic rings. The van der Waals surface area contributed by atoms with Gasteiger partial charge in [-0.05, 0) is 55.8 Å². The fraction of sp³-hybridized carbons (Fsp3) is 0.435. The zero-order chi connectivity index (χ0) is 20.5. The Bertz CT molecular complexity index is 1100. The molecule has 158 valence electrons. The van der Waals surface area contributed by atoms with Gasteiger partial charge in [0.25, 0.3) is 0 Å². The van der Waals surface area contributed by atoms with E-state index in [0.717, 1.165) is 42.8 Å². The van der Waals surface area contributed by atoms with Crippen LogP contribution in [0.4, 0.5) is 0 Å². The molecule has 7 heteroatoms. The molecular formula is C23H28N4O3. The van der Waals surface area contributed by atoms with Crippen LogP contribution in [0.2, 0.25) is 0 Å². The summed E-state index contributed by atoms with van der Waals surface area (Å²) in [6, 6.07) is 13.6. The molecule has 2 aromatic carbocycles. The second-order valence-electron chi connectivity index (χ2n) is 8.11. The van der Waals surface area contributed by atoms with E-state index < -0.39 is 6.10 Å². The van der Waals surface area contributed by atoms with Crippen LogP contribution in [-0.2, 0) is 13.1 Å². The average molecular weight is 409 g/mol. The number of hydrogen-bond acceptors (Lipinski definition) is 5. The van der Waals surface area contributed by atoms with Crippen LogP contribution in [0.15, 0.2) is 42.5 Å². The molecule has 5 rings (SSSR count). The monoisotopic (exact) mass is 408 g/mol. The summed E-state index contributed by atoms with van der Waals surface area (Å²) in [6.07, 6.45) is 3.11. The lowest BCUT2D eigenvalue weighted by Crippen LogP contribution is -2.35. The van der Waals surface area contributed by atoms with Gasteiger partial charge < -0.3 is 28.6 Å². The third-order valence-electron chi connectivity index (χ3n) is 6.20. The minimum Gasteiger partial charge on any atom is -0.454 e. The van der Waals surface area contributed by atoms with Gasteiger partial charge in [-0.1, -0.05) is 24.6 Å². The quantitative estimate of drug-likeness (QED) is 0.658. The lowest BCUT2D eigenvalue weighted by molar-refractivity contribution is 0.154. The van der Waals surface area contributed by atoms with Crippen LogP contribution in [-0.4, -0.2) is 45.6 Å². The predicted octanol–water partition coefficient (Wildman–Crippen LogP) is 2.87. The molecule has 1 aromatic heterocycles. The largest absolute Gasteiger partial charge is 0.454 e. The molecule has 0 radical (unpaired) electrons. The number of benzene rings is 2. The van der Waals surface area contributed by atoms with Crippen molar-refractivity contribution in [3.8, 4) is 11.5 Å². The minimum atomic E-state index is -0.741. The first-order valence-corrected chi connectivity index (χ1v) is 10.7. The van der Waals surface area contributed by atoms with Crippen LogP contribution in [0.1, 0.15) is 30.9 Å². The van der Waals surface area contributed by atoms with Gasteiger partial charge in [-0.25, -0.2) is 0 Å². The number of fused-ring (bicyclic) bond motifs is 2. The highest BCUT2D eigenvalue weighted by Crippen LogP contribution is 2.34. The number of imidazole rings is 1. The van der Waals surface area contributed by atoms with Crippen LogP contribution in [0.3, 0.4) is 0 Å². The number of likely N-dealkylation sites (tertiary alicyclic amines) is 1. The van der Waals surface area contributed by atoms with Gasteiger partial charge in [-0.15, -0.1) is 0 Å². The van der Waals surface area contributed by atoms with Crippen molar-refractivity contribution < 1.29 is 14.6 Å². The molecule has 0 amide bonds. The van der Waals surface area contributed by atoms with Gasteiger partial charge in [0.1, 0.15) is 0 Å². The zero-order valence-corrected chi connectivity index (χ0v) is 17.1. The van der Waals surface area contributed by atoms with E-state index in [-0.39, 0.29) is 6.79 Å². The molecular weight excluding hydrogens is 380 g/mol. The summed E-state index contributed by atoms with van der Waals surface area (Å²) in [5.74, 6) is 1.36. The number of nitrogens with zero attached hydrogens (tertiary/aromatic N) is 3. The van der Waals surface area contributed by atoms with Crippen LogP contribution in [0, 0.1) is 5.41 Å². The maximum atomic E-state index is 10.9. The Morgan fingerprint density at radius 3 is 2.43 bits per heavy atom. The minimum absolute atomic E-state index is 0.213. The van der Waals surface area contributed by atoms with Gasteiger partial charge in [0.2, 0.25) is 12.4 Å². The number of aromatic nitrogens is 2. The third kappa shape index (κ3) is 3.59. The lowest BCUT2D eigenvalue weighted by Gasteiger charge is -2.26. The highest BCUT2D eigenvalue weighted by atomic mass is 16.7. The number of aliphatic hydroxyl groups excluding tert-OH is 1. The molecule has 0 aliphatic carbocycles. The maximum Gasteiger partial charge on any atom is 0.231 e. The molecule has 0 bridgehead atoms. The standard InChI is InChI=1S/C23H28N4O3/c24-23-26(13-12-25-10-4-1-5-11-25)18-6-2-3-7-19(18)27(23)15-20(28)17-8-9-21-22(14-17)30-16-29-21/h2-3,6-9,14,20,24,28H,1,4-5,10-13,15-16H2/t20-/m1/s1. The maximum absolute atomic E-state index is 10.9. The Morgan fingerprint density at radius 1 is 0.900 bits per heavy atom. The van der Waals surface area contributed by atoms with Crippen molar-refractivity contribution in [2.24, 2.45) is 0 Å². The SMILES string of the molecule is N=c1n(CCN2CCCCC2)c2ccccc2n1C[C@@H](O)c1ccc2c(c1)OCO2. The van der Waals surface area contributed by atoms with Crippen LogP contribution < -0.4 is 15.1 Å². The number of para-hydroxylation sites is 2. The molecule has 7 nitrogen and oxygen atoms in total. The summed E-state index contributed by atoms with van der Waals surface area (Å²) in [5, 5.41) is 19.7. The molecule has 2 aliphatic rings. The molecule has 0 saturated carbocycles. The first kappa shape index (κ1) is 19.2. The first-order chi connectivity index (χ1) is 14.7. The number of ether oxygens (including phenoxy) is 2. The molecule has 1 saturated heterocycles. The van der Waals surface area contributed by atoms with Gasteiger partial charge in [-0.2, -0.15) is 0 Å². The molecule has 0 spiro atoms. The molecule has 30 heavy (non-hydrogen) atoms. The summed E-state index contributed by atoms with van der Waals surface area (Å²) in [6.45, 7) is 4.56. The van der Waals surface area contributed by atoms with E-state index >= 15 is 0 Å². The molecule has 3 heterocycles. The van der Waals surface area contributed by atoms with Crippen molar-refractivity contribution in [1.82, 2.24) is 14.0 Å². The Morgan fingerprint density at radius 2 is 1.63 bits per heavy atom. The van der Waals surface area contributed by atoms with Crippen molar-refractivity contribution in [2.45, 2.75) is 38.5 Å². The summed E-state index contributed by atoms with van der Waals surface area (Å²) in [4.78, 5) is 2.49. The normalized spacial score (nSPS) is 17.5. The Kier molecular flexibility index (Phi) is 5.23. The van der Waals surface area contributed by atoms with Crippen molar-refractivity contribution in [1.29, 1.82) is 5.41 Å². The van der Waals surface area contributed by atoms with Crippen molar-refractivity contribution in [3.63, 3.8) is 0 Å². The number of hydrogen-bond donors (Lipinski definition) is 2. The van der Waals surface area contributed by atoms with Crippen molar-refractivity contribution in [3.05, 3.63) is 53.6 Å². The van der Waals surface area contributed by atoms with E-state index in [0.29, 0.717) is 23.7 Å². The summed E-state index contributed by atoms with van der Waals surface area (Å²) < 4.78 is 14.8. The van der Waals surface area contributed by atoms with Crippen LogP contribution >= 0.6 is 0 Å². The van der Waals surface area contributed by atoms with Crippen LogP contribution in [0.5, 0.6) is 11.5 Å². The molecule has 1 atom stereocenters. The number of rotatable bonds is 6. The van der Waals surface area contributed by atoms with E-state index in [1.54, 1.807) is 0 Å². The van der Waals surface area contributed by atoms with Crippen LogP contribution in [0.25, 0.3) is 11.0 Å². The Hall–Kier alpha value is -2.77. The van der Waals surface area contributed by atoms with E-state index in [9.17, 15) is 5.11 Å². The van der Waals surface area contributed by atoms with Gasteiger partial charge in [0.05, 0.1) is 23.7 Å². The third-order valence-corrected chi connectivity index (χ3v) is 6.20. The second kappa shape index (κ2) is 8.16. The topological polar surface area (TPSA) is 75.6 Å². The van der Waals surface area contributed by atoms with Gasteiger partial charge in [-0.3, -0.25) is 5.41 Å². The first-order valence-electron chi connectivity index (χ1n) is 10.7. The van der Waals surface area contributed by atoms with Crippen molar-refractivity contribution >= 4 is 11.0 Å². The zero-order valence-electron chi connectivity index (χ0n) is 17.1. The number of piperidine rings is 1. The Balaban J connectivity index is 1.41. The molecule has 2 aliphatic heterocycles. The van der Waals surface area contributed by atoms with E-state index in [1.165, 1.54) is 19.3 Å². The van der Waals surface area contributed by atoms with E-state index in [1.807, 2.05) is 41.0 Å². The highest BCUT2D eigenvalue weighted by molar-refractivity contribution is 5.75. The summed E-state index contributed by atoms with van der Waals surface area (Å²) in [5.41, 5.74) is 3.20. The fourth-order valence-electron chi connectivity index (χ4n) is 4.53. The number of nitrogens with one attached hydrogen (secondary N) is 1. The predicted molar refractivity (Wildman–Crippen MR) is 114 cm³/mol. The molecule has 1 fully saturated rings. The molecule has 0 unspecified atom stereocenters. The van der Waals surface area contributed by atoms with Gasteiger partial charge in [0.15, 0.2) is 11.5 Å². The fourth-order valence-corrected chi connectivity index (χ4v) is 4.53. The van der Waals surface area contributed by atoms with Gasteiger partial charge in [0, 0.05) is 13.1 Å². The second-order valence-corrected chi connectivity index (χ2v) is 8.11. The smallest absolute Gasteiger partial charge is 0.231 e. The average Bonchev–Trinajstić information content (AvgIpc) is 3.35. The Labute approximate surface area is 175 Å². The lowest BCUT2D eigenvalue weighted by atomic mass is 10.1. The molecule has 2 N–H and O–H groups in total. The van der Waals surface area contributed by atoms with Crippen molar-refractivity contribution in [2.75, 3.05) is 26.4 Å². The van der Waals surface area contributed by atoms with E-state index in [4.69, 9.17) is 14.9 Å². The number of aliphatic hydroxyl groups is 1. The van der Waals surface area contributed by atoms with Gasteiger partial charge >= 0.3 is 0 Å². The highest BCUT2D eigenvalue weighted by Gasteiger charge is 2.19.